The molecule has 140 valence electrons. The van der Waals surface area contributed by atoms with Gasteiger partial charge >= 0.3 is 5.97 Å². The number of carbonyl (C=O) groups is 2. The molecule has 1 amide bonds. The molecular formula is C21H18N4O3. The molecule has 0 aliphatic carbocycles. The van der Waals surface area contributed by atoms with Gasteiger partial charge in [-0.3, -0.25) is 9.59 Å². The van der Waals surface area contributed by atoms with Gasteiger partial charge in [-0.1, -0.05) is 30.2 Å². The Hall–Kier alpha value is -3.89. The van der Waals surface area contributed by atoms with Crippen LogP contribution in [-0.4, -0.2) is 34.6 Å². The van der Waals surface area contributed by atoms with E-state index in [0.717, 1.165) is 10.8 Å². The van der Waals surface area contributed by atoms with Gasteiger partial charge in [0, 0.05) is 23.1 Å². The van der Waals surface area contributed by atoms with Gasteiger partial charge in [0.05, 0.1) is 0 Å². The zero-order chi connectivity index (χ0) is 20.1. The molecule has 0 aliphatic heterocycles. The van der Waals surface area contributed by atoms with Gasteiger partial charge in [-0.25, -0.2) is 4.98 Å². The van der Waals surface area contributed by atoms with E-state index < -0.39 is 17.9 Å². The van der Waals surface area contributed by atoms with E-state index >= 15 is 0 Å². The molecule has 0 bridgehead atoms. The number of anilines is 1. The number of benzene rings is 2. The number of aliphatic carboxylic acids is 1. The van der Waals surface area contributed by atoms with Crippen molar-refractivity contribution >= 4 is 28.5 Å². The van der Waals surface area contributed by atoms with Gasteiger partial charge in [0.2, 0.25) is 0 Å². The first-order valence-corrected chi connectivity index (χ1v) is 8.48. The van der Waals surface area contributed by atoms with Crippen molar-refractivity contribution in [2.75, 3.05) is 12.3 Å². The molecule has 0 unspecified atom stereocenters. The second kappa shape index (κ2) is 8.20. The number of fused-ring (bicyclic) bond motifs is 1. The first kappa shape index (κ1) is 18.9. The molecule has 3 aromatic rings. The summed E-state index contributed by atoms with van der Waals surface area (Å²) in [4.78, 5) is 27.0. The molecule has 7 nitrogen and oxygen atoms in total. The summed E-state index contributed by atoms with van der Waals surface area (Å²) in [5.41, 5.74) is 12.9. The van der Waals surface area contributed by atoms with Gasteiger partial charge in [0.15, 0.2) is 0 Å². The molecule has 0 fully saturated rings. The van der Waals surface area contributed by atoms with Crippen LogP contribution < -0.4 is 16.8 Å². The molecule has 7 heteroatoms. The van der Waals surface area contributed by atoms with E-state index in [9.17, 15) is 9.59 Å². The molecule has 1 atom stereocenters. The fourth-order valence-corrected chi connectivity index (χ4v) is 2.54. The fraction of sp³-hybridized carbons (Fsp3) is 0.0952. The number of nitrogen functional groups attached to an aromatic ring is 1. The van der Waals surface area contributed by atoms with Crippen LogP contribution in [0.15, 0.2) is 54.6 Å². The molecule has 0 saturated heterocycles. The SMILES string of the molecule is Nc1cc2ccccc2c(C#Cc2ccc(C(=O)NC[C@H](N)C(=O)O)cc2)n1. The average Bonchev–Trinajstić information content (AvgIpc) is 2.70. The Kier molecular flexibility index (Phi) is 5.53. The number of nitrogens with zero attached hydrogens (tertiary/aromatic N) is 1. The van der Waals surface area contributed by atoms with E-state index in [1.54, 1.807) is 30.3 Å². The summed E-state index contributed by atoms with van der Waals surface area (Å²) in [6, 6.07) is 15.0. The number of pyridine rings is 1. The van der Waals surface area contributed by atoms with Crippen molar-refractivity contribution in [3.05, 3.63) is 71.4 Å². The quantitative estimate of drug-likeness (QED) is 0.510. The van der Waals surface area contributed by atoms with Crippen LogP contribution in [-0.2, 0) is 4.79 Å². The van der Waals surface area contributed by atoms with E-state index in [-0.39, 0.29) is 6.54 Å². The highest BCUT2D eigenvalue weighted by Crippen LogP contribution is 2.18. The summed E-state index contributed by atoms with van der Waals surface area (Å²) >= 11 is 0. The molecule has 1 heterocycles. The highest BCUT2D eigenvalue weighted by atomic mass is 16.4. The number of carboxylic acids is 1. The maximum absolute atomic E-state index is 12.0. The number of nitrogens with one attached hydrogen (secondary N) is 1. The number of hydrogen-bond acceptors (Lipinski definition) is 5. The van der Waals surface area contributed by atoms with E-state index in [1.165, 1.54) is 0 Å². The van der Waals surface area contributed by atoms with Gasteiger partial charge in [-0.2, -0.15) is 0 Å². The minimum atomic E-state index is -1.17. The predicted octanol–water partition coefficient (Wildman–Crippen LogP) is 1.36. The predicted molar refractivity (Wildman–Crippen MR) is 107 cm³/mol. The maximum atomic E-state index is 12.0. The van der Waals surface area contributed by atoms with Crippen molar-refractivity contribution in [2.45, 2.75) is 6.04 Å². The molecule has 0 saturated carbocycles. The summed E-state index contributed by atoms with van der Waals surface area (Å²) < 4.78 is 0. The Morgan fingerprint density at radius 1 is 1.11 bits per heavy atom. The first-order valence-electron chi connectivity index (χ1n) is 8.48. The molecule has 6 N–H and O–H groups in total. The number of amides is 1. The van der Waals surface area contributed by atoms with Gasteiger partial charge in [0.1, 0.15) is 17.6 Å². The number of hydrogen-bond donors (Lipinski definition) is 4. The third kappa shape index (κ3) is 4.44. The topological polar surface area (TPSA) is 131 Å². The van der Waals surface area contributed by atoms with Crippen LogP contribution in [0.25, 0.3) is 10.8 Å². The van der Waals surface area contributed by atoms with E-state index in [4.69, 9.17) is 16.6 Å². The summed E-state index contributed by atoms with van der Waals surface area (Å²) in [6.07, 6.45) is 0. The Bertz CT molecular complexity index is 1100. The van der Waals surface area contributed by atoms with Crippen LogP contribution >= 0.6 is 0 Å². The zero-order valence-electron chi connectivity index (χ0n) is 14.8. The Labute approximate surface area is 161 Å². The van der Waals surface area contributed by atoms with Crippen molar-refractivity contribution in [2.24, 2.45) is 5.73 Å². The first-order chi connectivity index (χ1) is 13.4. The minimum absolute atomic E-state index is 0.149. The number of aromatic nitrogens is 1. The standard InChI is InChI=1S/C21H18N4O3/c22-17(21(27)28)12-24-20(26)14-8-5-13(6-9-14)7-10-18-16-4-2-1-3-15(16)11-19(23)25-18/h1-6,8-9,11,17H,12,22H2,(H2,23,25)(H,24,26)(H,27,28)/t17-/m0/s1. The third-order valence-electron chi connectivity index (χ3n) is 4.03. The minimum Gasteiger partial charge on any atom is -0.480 e. The number of rotatable bonds is 4. The molecule has 3 rings (SSSR count). The van der Waals surface area contributed by atoms with Crippen LogP contribution in [0.4, 0.5) is 5.82 Å². The van der Waals surface area contributed by atoms with Crippen LogP contribution in [0, 0.1) is 11.8 Å². The lowest BCUT2D eigenvalue weighted by Gasteiger charge is -2.08. The largest absolute Gasteiger partial charge is 0.480 e. The fourth-order valence-electron chi connectivity index (χ4n) is 2.54. The highest BCUT2D eigenvalue weighted by molar-refractivity contribution is 5.94. The summed E-state index contributed by atoms with van der Waals surface area (Å²) in [5, 5.41) is 13.1. The van der Waals surface area contributed by atoms with Crippen LogP contribution in [0.2, 0.25) is 0 Å². The lowest BCUT2D eigenvalue weighted by Crippen LogP contribution is -2.42. The van der Waals surface area contributed by atoms with Gasteiger partial charge < -0.3 is 21.9 Å². The second-order valence-corrected chi connectivity index (χ2v) is 6.10. The average molecular weight is 374 g/mol. The highest BCUT2D eigenvalue weighted by Gasteiger charge is 2.13. The van der Waals surface area contributed by atoms with Crippen LogP contribution in [0.1, 0.15) is 21.6 Å². The van der Waals surface area contributed by atoms with Crippen molar-refractivity contribution in [1.29, 1.82) is 0 Å². The van der Waals surface area contributed by atoms with E-state index in [0.29, 0.717) is 22.6 Å². The molecule has 2 aromatic carbocycles. The smallest absolute Gasteiger partial charge is 0.322 e. The van der Waals surface area contributed by atoms with Crippen molar-refractivity contribution in [3.63, 3.8) is 0 Å². The monoisotopic (exact) mass is 374 g/mol. The zero-order valence-corrected chi connectivity index (χ0v) is 14.8. The third-order valence-corrected chi connectivity index (χ3v) is 4.03. The molecule has 0 radical (unpaired) electrons. The van der Waals surface area contributed by atoms with Gasteiger partial charge in [0.25, 0.3) is 5.91 Å². The Balaban J connectivity index is 1.76. The van der Waals surface area contributed by atoms with Crippen LogP contribution in [0.3, 0.4) is 0 Å². The molecule has 1 aromatic heterocycles. The number of carboxylic acid groups (broad SMARTS) is 1. The second-order valence-electron chi connectivity index (χ2n) is 6.10. The summed E-state index contributed by atoms with van der Waals surface area (Å²) in [5.74, 6) is 4.86. The van der Waals surface area contributed by atoms with E-state index in [2.05, 4.69) is 22.1 Å². The van der Waals surface area contributed by atoms with E-state index in [1.807, 2.05) is 24.3 Å². The van der Waals surface area contributed by atoms with Crippen molar-refractivity contribution in [1.82, 2.24) is 10.3 Å². The molecular weight excluding hydrogens is 356 g/mol. The molecule has 28 heavy (non-hydrogen) atoms. The normalized spacial score (nSPS) is 11.3. The number of carbonyl (C=O) groups excluding carboxylic acids is 1. The maximum Gasteiger partial charge on any atom is 0.322 e. The lowest BCUT2D eigenvalue weighted by atomic mass is 10.1. The van der Waals surface area contributed by atoms with Crippen LogP contribution in [0.5, 0.6) is 0 Å². The number of nitrogens with two attached hydrogens (primary N) is 2. The Morgan fingerprint density at radius 3 is 2.54 bits per heavy atom. The molecule has 0 spiro atoms. The van der Waals surface area contributed by atoms with Gasteiger partial charge in [-0.05, 0) is 41.6 Å². The summed E-state index contributed by atoms with van der Waals surface area (Å²) in [6.45, 7) is -0.149. The molecule has 0 aliphatic rings. The van der Waals surface area contributed by atoms with Crippen molar-refractivity contribution < 1.29 is 14.7 Å². The van der Waals surface area contributed by atoms with Crippen molar-refractivity contribution in [3.8, 4) is 11.8 Å². The van der Waals surface area contributed by atoms with Gasteiger partial charge in [-0.15, -0.1) is 0 Å². The lowest BCUT2D eigenvalue weighted by molar-refractivity contribution is -0.138. The summed E-state index contributed by atoms with van der Waals surface area (Å²) in [7, 11) is 0. The Morgan fingerprint density at radius 2 is 1.82 bits per heavy atom.